The van der Waals surface area contributed by atoms with Crippen LogP contribution in [0.1, 0.15) is 6.42 Å². The number of nitrogens with one attached hydrogen (secondary N) is 2. The average molecular weight is 97.1 g/mol. The molecule has 2 N–H and O–H groups in total. The molecule has 2 aliphatic rings. The first-order chi connectivity index (χ1) is 3.41. The Hall–Kier alpha value is -0.0800. The monoisotopic (exact) mass is 97.1 g/mol. The molecule has 2 nitrogen and oxygen atoms in total. The molecule has 0 amide bonds. The Morgan fingerprint density at radius 2 is 2.43 bits per heavy atom. The molecule has 2 fully saturated rings. The van der Waals surface area contributed by atoms with E-state index in [2.05, 4.69) is 17.1 Å². The molecule has 1 saturated heterocycles. The molecule has 2 rings (SSSR count). The largest absolute Gasteiger partial charge is 0.303 e. The molecule has 1 radical (unpaired) electrons. The zero-order chi connectivity index (χ0) is 4.74. The van der Waals surface area contributed by atoms with E-state index >= 15 is 0 Å². The average Bonchev–Trinajstić information content (AvgIpc) is 2.15. The Bertz CT molecular complexity index is 78.1. The van der Waals surface area contributed by atoms with Crippen molar-refractivity contribution in [1.29, 1.82) is 0 Å². The molecule has 0 aromatic carbocycles. The number of rotatable bonds is 0. The van der Waals surface area contributed by atoms with E-state index in [4.69, 9.17) is 0 Å². The van der Waals surface area contributed by atoms with Crippen LogP contribution >= 0.6 is 0 Å². The Balaban J connectivity index is 2.07. The fourth-order valence-corrected chi connectivity index (χ4v) is 0.998. The van der Waals surface area contributed by atoms with Gasteiger partial charge in [0.1, 0.15) is 0 Å². The third-order valence-corrected chi connectivity index (χ3v) is 1.70. The summed E-state index contributed by atoms with van der Waals surface area (Å²) in [4.78, 5) is 0. The molecule has 0 bridgehead atoms. The second-order valence-corrected chi connectivity index (χ2v) is 2.34. The zero-order valence-corrected chi connectivity index (χ0v) is 4.20. The van der Waals surface area contributed by atoms with E-state index in [0.717, 1.165) is 13.2 Å². The quantitative estimate of drug-likeness (QED) is 0.425. The molecule has 39 valence electrons. The van der Waals surface area contributed by atoms with E-state index < -0.39 is 0 Å². The van der Waals surface area contributed by atoms with Crippen LogP contribution in [0.4, 0.5) is 0 Å². The maximum atomic E-state index is 3.34. The molecule has 1 unspecified atom stereocenters. The molecule has 1 spiro atoms. The fraction of sp³-hybridized carbons (Fsp3) is 0.800. The third kappa shape index (κ3) is 0.469. The summed E-state index contributed by atoms with van der Waals surface area (Å²) in [5, 5.41) is 6.57. The molecule has 1 atom stereocenters. The standard InChI is InChI=1S/C5H9N2/c1-2-5(1)3-6-4-7-5/h1,6-7H,2-4H2. The summed E-state index contributed by atoms with van der Waals surface area (Å²) in [5.74, 6) is 0. The minimum atomic E-state index is 0.458. The summed E-state index contributed by atoms with van der Waals surface area (Å²) in [5.41, 5.74) is 0.458. The van der Waals surface area contributed by atoms with Crippen LogP contribution in [0.3, 0.4) is 0 Å². The Morgan fingerprint density at radius 3 is 2.71 bits per heavy atom. The van der Waals surface area contributed by atoms with Crippen molar-refractivity contribution in [3.63, 3.8) is 0 Å². The number of hydrogen-bond donors (Lipinski definition) is 2. The first-order valence-corrected chi connectivity index (χ1v) is 2.71. The fourth-order valence-electron chi connectivity index (χ4n) is 0.998. The van der Waals surface area contributed by atoms with Gasteiger partial charge >= 0.3 is 0 Å². The Kier molecular flexibility index (Phi) is 0.557. The maximum absolute atomic E-state index is 3.34. The summed E-state index contributed by atoms with van der Waals surface area (Å²) < 4.78 is 0. The van der Waals surface area contributed by atoms with Gasteiger partial charge in [-0.05, 0) is 12.8 Å². The molecule has 0 aromatic heterocycles. The van der Waals surface area contributed by atoms with Crippen LogP contribution < -0.4 is 10.6 Å². The first kappa shape index (κ1) is 3.87. The molecule has 1 aliphatic heterocycles. The first-order valence-electron chi connectivity index (χ1n) is 2.71. The van der Waals surface area contributed by atoms with Crippen LogP contribution in [0.15, 0.2) is 0 Å². The summed E-state index contributed by atoms with van der Waals surface area (Å²) in [6.07, 6.45) is 3.58. The van der Waals surface area contributed by atoms with Crippen LogP contribution in [0.2, 0.25) is 0 Å². The highest BCUT2D eigenvalue weighted by Crippen LogP contribution is 2.34. The molecule has 0 aromatic rings. The predicted octanol–water partition coefficient (Wildman–Crippen LogP) is -0.517. The van der Waals surface area contributed by atoms with Crippen LogP contribution in [0.5, 0.6) is 0 Å². The Morgan fingerprint density at radius 1 is 1.57 bits per heavy atom. The van der Waals surface area contributed by atoms with Gasteiger partial charge in [-0.3, -0.25) is 5.32 Å². The lowest BCUT2D eigenvalue weighted by Gasteiger charge is -1.99. The predicted molar refractivity (Wildman–Crippen MR) is 27.7 cm³/mol. The van der Waals surface area contributed by atoms with Gasteiger partial charge in [-0.2, -0.15) is 0 Å². The summed E-state index contributed by atoms with van der Waals surface area (Å²) >= 11 is 0. The van der Waals surface area contributed by atoms with Crippen molar-refractivity contribution in [2.45, 2.75) is 12.0 Å². The van der Waals surface area contributed by atoms with Crippen molar-refractivity contribution in [2.75, 3.05) is 13.2 Å². The third-order valence-electron chi connectivity index (χ3n) is 1.70. The highest BCUT2D eigenvalue weighted by Gasteiger charge is 2.44. The molecule has 7 heavy (non-hydrogen) atoms. The summed E-state index contributed by atoms with van der Waals surface area (Å²) in [7, 11) is 0. The van der Waals surface area contributed by atoms with E-state index in [1.165, 1.54) is 6.42 Å². The van der Waals surface area contributed by atoms with E-state index in [1.807, 2.05) is 0 Å². The second kappa shape index (κ2) is 1.01. The highest BCUT2D eigenvalue weighted by molar-refractivity contribution is 5.21. The van der Waals surface area contributed by atoms with Gasteiger partial charge in [0, 0.05) is 18.8 Å². The topological polar surface area (TPSA) is 24.1 Å². The SMILES string of the molecule is [CH]1CC12CNCN2. The van der Waals surface area contributed by atoms with Crippen molar-refractivity contribution >= 4 is 0 Å². The van der Waals surface area contributed by atoms with E-state index in [1.54, 1.807) is 0 Å². The second-order valence-electron chi connectivity index (χ2n) is 2.34. The highest BCUT2D eigenvalue weighted by atomic mass is 15.2. The minimum Gasteiger partial charge on any atom is -0.303 e. The van der Waals surface area contributed by atoms with Gasteiger partial charge in [0.2, 0.25) is 0 Å². The van der Waals surface area contributed by atoms with Crippen molar-refractivity contribution < 1.29 is 0 Å². The van der Waals surface area contributed by atoms with Crippen LogP contribution in [0.25, 0.3) is 0 Å². The van der Waals surface area contributed by atoms with Crippen molar-refractivity contribution in [2.24, 2.45) is 0 Å². The van der Waals surface area contributed by atoms with Gasteiger partial charge in [0.25, 0.3) is 0 Å². The van der Waals surface area contributed by atoms with Gasteiger partial charge in [0.05, 0.1) is 0 Å². The maximum Gasteiger partial charge on any atom is 0.0459 e. The molecule has 2 heteroatoms. The number of hydrogen-bond acceptors (Lipinski definition) is 2. The summed E-state index contributed by atoms with van der Waals surface area (Å²) in [6, 6.07) is 0. The van der Waals surface area contributed by atoms with Crippen molar-refractivity contribution in [3.8, 4) is 0 Å². The van der Waals surface area contributed by atoms with Gasteiger partial charge in [-0.25, -0.2) is 0 Å². The summed E-state index contributed by atoms with van der Waals surface area (Å²) in [6.45, 7) is 2.14. The van der Waals surface area contributed by atoms with E-state index in [9.17, 15) is 0 Å². The van der Waals surface area contributed by atoms with Crippen LogP contribution in [-0.4, -0.2) is 18.8 Å². The van der Waals surface area contributed by atoms with Gasteiger partial charge < -0.3 is 5.32 Å². The van der Waals surface area contributed by atoms with Crippen molar-refractivity contribution in [1.82, 2.24) is 10.6 Å². The van der Waals surface area contributed by atoms with Gasteiger partial charge in [0.15, 0.2) is 0 Å². The molecular formula is C5H9N2. The smallest absolute Gasteiger partial charge is 0.0459 e. The molecular weight excluding hydrogens is 88.1 g/mol. The minimum absolute atomic E-state index is 0.458. The molecule has 1 aliphatic carbocycles. The van der Waals surface area contributed by atoms with Crippen molar-refractivity contribution in [3.05, 3.63) is 6.42 Å². The lowest BCUT2D eigenvalue weighted by molar-refractivity contribution is 0.654. The van der Waals surface area contributed by atoms with E-state index in [0.29, 0.717) is 5.54 Å². The lowest BCUT2D eigenvalue weighted by Crippen LogP contribution is -2.25. The molecule has 1 saturated carbocycles. The van der Waals surface area contributed by atoms with Crippen LogP contribution in [-0.2, 0) is 0 Å². The van der Waals surface area contributed by atoms with Crippen LogP contribution in [0, 0.1) is 6.42 Å². The van der Waals surface area contributed by atoms with Gasteiger partial charge in [-0.15, -0.1) is 0 Å². The lowest BCUT2D eigenvalue weighted by atomic mass is 10.3. The normalized spacial score (nSPS) is 34.3. The van der Waals surface area contributed by atoms with E-state index in [-0.39, 0.29) is 0 Å². The van der Waals surface area contributed by atoms with Gasteiger partial charge in [-0.1, -0.05) is 0 Å². The zero-order valence-electron chi connectivity index (χ0n) is 4.20. The molecule has 1 heterocycles. The Labute approximate surface area is 43.3 Å².